The molecule has 294 valence electrons. The van der Waals surface area contributed by atoms with E-state index in [-0.39, 0.29) is 17.7 Å². The lowest BCUT2D eigenvalue weighted by atomic mass is 9.44. The molecule has 2 aromatic heterocycles. The number of benzene rings is 7. The highest BCUT2D eigenvalue weighted by Gasteiger charge is 2.45. The van der Waals surface area contributed by atoms with E-state index in [4.69, 9.17) is 4.42 Å². The third-order valence-electron chi connectivity index (χ3n) is 13.7. The molecular formula is C56H51BN2O. The summed E-state index contributed by atoms with van der Waals surface area (Å²) in [6.07, 6.45) is 1.88. The molecule has 0 spiro atoms. The Morgan fingerprint density at radius 2 is 1.15 bits per heavy atom. The maximum Gasteiger partial charge on any atom is 0.333 e. The molecule has 0 atom stereocenters. The molecule has 0 aliphatic carbocycles. The Kier molecular flexibility index (Phi) is 7.75. The molecule has 4 heteroatoms. The van der Waals surface area contributed by atoms with Gasteiger partial charge in [-0.05, 0) is 160 Å². The molecule has 0 saturated carbocycles. The minimum Gasteiger partial charge on any atom is -0.464 e. The van der Waals surface area contributed by atoms with Crippen molar-refractivity contribution in [2.24, 2.45) is 0 Å². The molecule has 2 aliphatic rings. The summed E-state index contributed by atoms with van der Waals surface area (Å²) in [5, 5.41) is 3.74. The van der Waals surface area contributed by atoms with Crippen LogP contribution in [-0.2, 0) is 10.8 Å². The first-order valence-corrected chi connectivity index (χ1v) is 21.5. The predicted octanol–water partition coefficient (Wildman–Crippen LogP) is 14.1. The SMILES string of the molecule is Cc1cccc(C)c1-c1ccc(N2c3ccc(-c4c(C)cccc4C)cc3B3c4c2cc2ccoc2c4-c2cc(C(C)(C)C)cc4c5cc(C(C)(C)C)ccc5n3c24)cc1. The van der Waals surface area contributed by atoms with Gasteiger partial charge >= 0.3 is 6.85 Å². The molecule has 0 bridgehead atoms. The lowest BCUT2D eigenvalue weighted by Gasteiger charge is -2.41. The van der Waals surface area contributed by atoms with Crippen LogP contribution in [0.2, 0.25) is 0 Å². The van der Waals surface area contributed by atoms with Gasteiger partial charge in [-0.3, -0.25) is 0 Å². The van der Waals surface area contributed by atoms with E-state index in [1.165, 1.54) is 111 Å². The summed E-state index contributed by atoms with van der Waals surface area (Å²) in [5.41, 5.74) is 25.0. The lowest BCUT2D eigenvalue weighted by Crippen LogP contribution is -2.56. The van der Waals surface area contributed by atoms with Crippen molar-refractivity contribution in [2.45, 2.75) is 80.1 Å². The van der Waals surface area contributed by atoms with Gasteiger partial charge in [0.1, 0.15) is 5.58 Å². The first kappa shape index (κ1) is 36.8. The average Bonchev–Trinajstić information content (AvgIpc) is 3.81. The van der Waals surface area contributed by atoms with Crippen molar-refractivity contribution in [3.05, 3.63) is 161 Å². The summed E-state index contributed by atoms with van der Waals surface area (Å²) < 4.78 is 9.30. The maximum atomic E-state index is 6.61. The van der Waals surface area contributed by atoms with Crippen LogP contribution in [0.4, 0.5) is 17.1 Å². The molecule has 7 aromatic carbocycles. The van der Waals surface area contributed by atoms with Gasteiger partial charge in [0.2, 0.25) is 0 Å². The second-order valence-electron chi connectivity index (χ2n) is 19.6. The van der Waals surface area contributed by atoms with Gasteiger partial charge in [-0.2, -0.15) is 0 Å². The van der Waals surface area contributed by atoms with E-state index >= 15 is 0 Å². The molecule has 3 nitrogen and oxygen atoms in total. The van der Waals surface area contributed by atoms with E-state index < -0.39 is 0 Å². The zero-order chi connectivity index (χ0) is 41.6. The van der Waals surface area contributed by atoms with Crippen LogP contribution in [0.3, 0.4) is 0 Å². The van der Waals surface area contributed by atoms with Gasteiger partial charge in [0, 0.05) is 55.4 Å². The van der Waals surface area contributed by atoms with Crippen LogP contribution >= 0.6 is 0 Å². The van der Waals surface area contributed by atoms with E-state index in [0.29, 0.717) is 0 Å². The Hall–Kier alpha value is -6.26. The topological polar surface area (TPSA) is 21.3 Å². The second kappa shape index (κ2) is 12.6. The summed E-state index contributed by atoms with van der Waals surface area (Å²) in [4.78, 5) is 2.53. The molecule has 0 fully saturated rings. The van der Waals surface area contributed by atoms with Crippen LogP contribution in [0.1, 0.15) is 74.9 Å². The zero-order valence-corrected chi connectivity index (χ0v) is 36.5. The summed E-state index contributed by atoms with van der Waals surface area (Å²) in [5.74, 6) is 0. The molecule has 0 amide bonds. The fourth-order valence-corrected chi connectivity index (χ4v) is 10.7. The van der Waals surface area contributed by atoms with Gasteiger partial charge in [-0.1, -0.05) is 108 Å². The van der Waals surface area contributed by atoms with Crippen molar-refractivity contribution in [3.8, 4) is 33.4 Å². The molecule has 2 aliphatic heterocycles. The van der Waals surface area contributed by atoms with Gasteiger partial charge < -0.3 is 13.8 Å². The highest BCUT2D eigenvalue weighted by Crippen LogP contribution is 2.50. The summed E-state index contributed by atoms with van der Waals surface area (Å²) in [7, 11) is 0. The molecule has 0 N–H and O–H groups in total. The van der Waals surface area contributed by atoms with Crippen LogP contribution in [-0.4, -0.2) is 11.3 Å². The predicted molar refractivity (Wildman–Crippen MR) is 257 cm³/mol. The summed E-state index contributed by atoms with van der Waals surface area (Å²) in [6.45, 7) is 22.8. The standard InChI is InChI=1S/C56H51BN2O/c1-32-13-11-14-33(2)49(32)36-17-21-41(22-18-36)58-47-23-19-37(50-34(3)15-12-16-35(50)4)27-45(47)57-52-48(58)28-38-25-26-60-54(38)51(52)44-31-40(56(8,9)10)30-43-42-29-39(55(5,6)7)20-24-46(42)59(57)53(43)44/h11-31H,1-10H3. The Morgan fingerprint density at radius 1 is 0.533 bits per heavy atom. The summed E-state index contributed by atoms with van der Waals surface area (Å²) in [6, 6.07) is 46.5. The summed E-state index contributed by atoms with van der Waals surface area (Å²) >= 11 is 0. The minimum absolute atomic E-state index is 0.00935. The van der Waals surface area contributed by atoms with Crippen LogP contribution in [0.25, 0.3) is 66.2 Å². The van der Waals surface area contributed by atoms with E-state index in [1.54, 1.807) is 0 Å². The van der Waals surface area contributed by atoms with Crippen LogP contribution in [0.15, 0.2) is 132 Å². The van der Waals surface area contributed by atoms with Gasteiger partial charge in [0.25, 0.3) is 0 Å². The highest BCUT2D eigenvalue weighted by atomic mass is 16.3. The van der Waals surface area contributed by atoms with Crippen LogP contribution in [0.5, 0.6) is 0 Å². The average molecular weight is 779 g/mol. The smallest absolute Gasteiger partial charge is 0.333 e. The largest absolute Gasteiger partial charge is 0.464 e. The molecule has 11 rings (SSSR count). The number of rotatable bonds is 3. The van der Waals surface area contributed by atoms with Gasteiger partial charge in [-0.15, -0.1) is 0 Å². The zero-order valence-electron chi connectivity index (χ0n) is 36.5. The van der Waals surface area contributed by atoms with Crippen molar-refractivity contribution in [1.82, 2.24) is 4.48 Å². The monoisotopic (exact) mass is 778 g/mol. The Bertz CT molecular complexity index is 3230. The first-order chi connectivity index (χ1) is 28.7. The molecule has 0 saturated heterocycles. The fraction of sp³-hybridized carbons (Fsp3) is 0.214. The maximum absolute atomic E-state index is 6.61. The molecule has 60 heavy (non-hydrogen) atoms. The van der Waals surface area contributed by atoms with E-state index in [2.05, 4.69) is 200 Å². The number of nitrogens with zero attached hydrogens (tertiary/aromatic N) is 2. The number of anilines is 3. The normalized spacial score (nSPS) is 13.4. The number of fused-ring (bicyclic) bond motifs is 9. The van der Waals surface area contributed by atoms with Gasteiger partial charge in [0.05, 0.1) is 6.26 Å². The highest BCUT2D eigenvalue weighted by molar-refractivity contribution is 6.90. The number of aryl methyl sites for hydroxylation is 4. The van der Waals surface area contributed by atoms with Crippen molar-refractivity contribution in [3.63, 3.8) is 0 Å². The van der Waals surface area contributed by atoms with Crippen molar-refractivity contribution < 1.29 is 4.42 Å². The van der Waals surface area contributed by atoms with Crippen molar-refractivity contribution in [1.29, 1.82) is 0 Å². The Morgan fingerprint density at radius 3 is 1.80 bits per heavy atom. The van der Waals surface area contributed by atoms with Gasteiger partial charge in [0.15, 0.2) is 0 Å². The number of hydrogen-bond donors (Lipinski definition) is 0. The molecule has 9 aromatic rings. The number of hydrogen-bond acceptors (Lipinski definition) is 2. The quantitative estimate of drug-likeness (QED) is 0.167. The van der Waals surface area contributed by atoms with Crippen molar-refractivity contribution >= 4 is 67.6 Å². The van der Waals surface area contributed by atoms with Crippen LogP contribution in [0, 0.1) is 27.7 Å². The fourth-order valence-electron chi connectivity index (χ4n) is 10.7. The molecule has 0 radical (unpaired) electrons. The third-order valence-corrected chi connectivity index (χ3v) is 13.7. The first-order valence-electron chi connectivity index (χ1n) is 21.5. The number of furan rings is 1. The number of aromatic nitrogens is 1. The van der Waals surface area contributed by atoms with E-state index in [1.807, 2.05) is 6.26 Å². The van der Waals surface area contributed by atoms with Gasteiger partial charge in [-0.25, -0.2) is 0 Å². The molecular weight excluding hydrogens is 727 g/mol. The Labute approximate surface area is 354 Å². The minimum atomic E-state index is -0.0950. The third kappa shape index (κ3) is 5.22. The molecule has 0 unspecified atom stereocenters. The van der Waals surface area contributed by atoms with E-state index in [0.717, 1.165) is 16.7 Å². The molecule has 4 heterocycles. The van der Waals surface area contributed by atoms with E-state index in [9.17, 15) is 0 Å². The Balaban J connectivity index is 1.28. The lowest BCUT2D eigenvalue weighted by molar-refractivity contribution is 0.590. The van der Waals surface area contributed by atoms with Crippen LogP contribution < -0.4 is 15.8 Å². The second-order valence-corrected chi connectivity index (χ2v) is 19.6. The van der Waals surface area contributed by atoms with Crippen molar-refractivity contribution in [2.75, 3.05) is 4.90 Å².